The van der Waals surface area contributed by atoms with Crippen molar-refractivity contribution in [1.29, 1.82) is 0 Å². The van der Waals surface area contributed by atoms with E-state index in [-0.39, 0.29) is 0 Å². The Kier molecular flexibility index (Phi) is 9.55. The minimum absolute atomic E-state index is 0.423. The topological polar surface area (TPSA) is 51.8 Å². The van der Waals surface area contributed by atoms with Crippen LogP contribution in [0.3, 0.4) is 0 Å². The molecule has 0 radical (unpaired) electrons. The summed E-state index contributed by atoms with van der Waals surface area (Å²) in [7, 11) is 1.91. The lowest BCUT2D eigenvalue weighted by Gasteiger charge is -2.22. The third-order valence-corrected chi connectivity index (χ3v) is 2.74. The van der Waals surface area contributed by atoms with Crippen molar-refractivity contribution >= 4 is 0 Å². The normalized spacial score (nSPS) is 17.5. The van der Waals surface area contributed by atoms with E-state index in [0.29, 0.717) is 32.5 Å². The van der Waals surface area contributed by atoms with Gasteiger partial charge in [0.25, 0.3) is 0 Å². The van der Waals surface area contributed by atoms with Gasteiger partial charge in [-0.3, -0.25) is 0 Å². The Hall–Kier alpha value is -0.200. The van der Waals surface area contributed by atoms with Crippen molar-refractivity contribution < 1.29 is 14.2 Å². The zero-order chi connectivity index (χ0) is 12.2. The van der Waals surface area contributed by atoms with Gasteiger partial charge >= 0.3 is 0 Å². The number of likely N-dealkylation sites (N-methyl/N-ethyl adjacent to an activating group) is 1. The van der Waals surface area contributed by atoms with Gasteiger partial charge in [0.05, 0.1) is 39.1 Å². The van der Waals surface area contributed by atoms with Gasteiger partial charge in [-0.1, -0.05) is 0 Å². The summed E-state index contributed by atoms with van der Waals surface area (Å²) in [6.45, 7) is 6.45. The van der Waals surface area contributed by atoms with Gasteiger partial charge in [0, 0.05) is 6.54 Å². The Morgan fingerprint density at radius 3 is 2.35 bits per heavy atom. The van der Waals surface area contributed by atoms with Crippen molar-refractivity contribution in [3.63, 3.8) is 0 Å². The maximum Gasteiger partial charge on any atom is 0.0704 e. The Balaban J connectivity index is 1.75. The van der Waals surface area contributed by atoms with Crippen LogP contribution in [0.5, 0.6) is 0 Å². The van der Waals surface area contributed by atoms with E-state index in [2.05, 4.69) is 10.6 Å². The molecule has 1 saturated heterocycles. The van der Waals surface area contributed by atoms with Crippen LogP contribution in [0, 0.1) is 0 Å². The van der Waals surface area contributed by atoms with E-state index >= 15 is 0 Å². The summed E-state index contributed by atoms with van der Waals surface area (Å²) in [6.07, 6.45) is 2.66. The van der Waals surface area contributed by atoms with Gasteiger partial charge in [-0.25, -0.2) is 0 Å². The number of hydrogen-bond donors (Lipinski definition) is 2. The van der Waals surface area contributed by atoms with E-state index < -0.39 is 0 Å². The minimum Gasteiger partial charge on any atom is -0.378 e. The van der Waals surface area contributed by atoms with Gasteiger partial charge in [0.15, 0.2) is 0 Å². The molecule has 1 aliphatic rings. The molecule has 0 bridgehead atoms. The molecule has 1 heterocycles. The molecular formula is C12H26N2O3. The van der Waals surface area contributed by atoms with Crippen LogP contribution < -0.4 is 10.6 Å². The van der Waals surface area contributed by atoms with Crippen LogP contribution in [0.1, 0.15) is 12.8 Å². The molecule has 0 aromatic rings. The third-order valence-electron chi connectivity index (χ3n) is 2.74. The lowest BCUT2D eigenvalue weighted by atomic mass is 10.1. The molecular weight excluding hydrogens is 220 g/mol. The van der Waals surface area contributed by atoms with Crippen molar-refractivity contribution in [2.75, 3.05) is 59.7 Å². The Morgan fingerprint density at radius 1 is 1.00 bits per heavy atom. The number of hydrogen-bond acceptors (Lipinski definition) is 5. The highest BCUT2D eigenvalue weighted by atomic mass is 16.5. The molecule has 0 saturated carbocycles. The van der Waals surface area contributed by atoms with E-state index in [1.807, 2.05) is 7.05 Å². The van der Waals surface area contributed by atoms with E-state index in [1.54, 1.807) is 0 Å². The molecule has 1 fully saturated rings. The highest BCUT2D eigenvalue weighted by Gasteiger charge is 2.12. The molecule has 0 aromatic heterocycles. The lowest BCUT2D eigenvalue weighted by Crippen LogP contribution is -2.33. The second-order valence-electron chi connectivity index (χ2n) is 4.15. The van der Waals surface area contributed by atoms with Crippen molar-refractivity contribution in [3.05, 3.63) is 0 Å². The zero-order valence-corrected chi connectivity index (χ0v) is 10.9. The number of piperidine rings is 1. The van der Waals surface area contributed by atoms with E-state index in [4.69, 9.17) is 14.2 Å². The Labute approximate surface area is 104 Å². The quantitative estimate of drug-likeness (QED) is 0.532. The predicted octanol–water partition coefficient (Wildman–Crippen LogP) is 0.00760. The van der Waals surface area contributed by atoms with Crippen molar-refractivity contribution in [2.24, 2.45) is 0 Å². The highest BCUT2D eigenvalue weighted by molar-refractivity contribution is 4.67. The van der Waals surface area contributed by atoms with Crippen LogP contribution in [0.25, 0.3) is 0 Å². The highest BCUT2D eigenvalue weighted by Crippen LogP contribution is 2.06. The molecule has 0 spiro atoms. The first-order chi connectivity index (χ1) is 8.43. The van der Waals surface area contributed by atoms with Gasteiger partial charge < -0.3 is 24.8 Å². The maximum atomic E-state index is 5.71. The third kappa shape index (κ3) is 8.51. The van der Waals surface area contributed by atoms with Crippen LogP contribution in [0.15, 0.2) is 0 Å². The fourth-order valence-corrected chi connectivity index (χ4v) is 1.73. The molecule has 17 heavy (non-hydrogen) atoms. The molecule has 1 aliphatic heterocycles. The number of ether oxygens (including phenoxy) is 3. The first-order valence-electron chi connectivity index (χ1n) is 6.56. The van der Waals surface area contributed by atoms with E-state index in [1.165, 1.54) is 0 Å². The molecule has 0 aromatic carbocycles. The molecule has 0 atom stereocenters. The lowest BCUT2D eigenvalue weighted by molar-refractivity contribution is -0.0193. The monoisotopic (exact) mass is 246 g/mol. The first-order valence-corrected chi connectivity index (χ1v) is 6.56. The summed E-state index contributed by atoms with van der Waals surface area (Å²) in [5.74, 6) is 0. The van der Waals surface area contributed by atoms with Crippen molar-refractivity contribution in [2.45, 2.75) is 18.9 Å². The Morgan fingerprint density at radius 2 is 1.65 bits per heavy atom. The standard InChI is InChI=1S/C12H26N2O3/c1-13-6-7-15-8-9-16-10-11-17-12-2-4-14-5-3-12/h12-14H,2-11H2,1H3. The van der Waals surface area contributed by atoms with E-state index in [0.717, 1.165) is 39.1 Å². The molecule has 0 unspecified atom stereocenters. The molecule has 0 amide bonds. The summed E-state index contributed by atoms with van der Waals surface area (Å²) >= 11 is 0. The van der Waals surface area contributed by atoms with Crippen molar-refractivity contribution in [3.8, 4) is 0 Å². The minimum atomic E-state index is 0.423. The van der Waals surface area contributed by atoms with Crippen LogP contribution in [0.2, 0.25) is 0 Å². The molecule has 1 rings (SSSR count). The average Bonchev–Trinajstić information content (AvgIpc) is 2.38. The number of nitrogens with one attached hydrogen (secondary N) is 2. The summed E-state index contributed by atoms with van der Waals surface area (Å²) in [4.78, 5) is 0. The first kappa shape index (κ1) is 14.9. The average molecular weight is 246 g/mol. The van der Waals surface area contributed by atoms with Gasteiger partial charge in [-0.2, -0.15) is 0 Å². The molecule has 2 N–H and O–H groups in total. The fourth-order valence-electron chi connectivity index (χ4n) is 1.73. The van der Waals surface area contributed by atoms with Crippen molar-refractivity contribution in [1.82, 2.24) is 10.6 Å². The molecule has 0 aliphatic carbocycles. The summed E-state index contributed by atoms with van der Waals surface area (Å²) in [5.41, 5.74) is 0. The van der Waals surface area contributed by atoms with Crippen LogP contribution >= 0.6 is 0 Å². The predicted molar refractivity (Wildman–Crippen MR) is 67.4 cm³/mol. The molecule has 5 heteroatoms. The van der Waals surface area contributed by atoms with Gasteiger partial charge in [-0.15, -0.1) is 0 Å². The van der Waals surface area contributed by atoms with Gasteiger partial charge in [0.2, 0.25) is 0 Å². The zero-order valence-electron chi connectivity index (χ0n) is 10.9. The smallest absolute Gasteiger partial charge is 0.0704 e. The maximum absolute atomic E-state index is 5.71. The van der Waals surface area contributed by atoms with Crippen LogP contribution in [0.4, 0.5) is 0 Å². The summed E-state index contributed by atoms with van der Waals surface area (Å²) < 4.78 is 16.5. The largest absolute Gasteiger partial charge is 0.378 e. The molecule has 102 valence electrons. The second-order valence-corrected chi connectivity index (χ2v) is 4.15. The number of rotatable bonds is 10. The fraction of sp³-hybridized carbons (Fsp3) is 1.00. The SMILES string of the molecule is CNCCOCCOCCOC1CCNCC1. The van der Waals surface area contributed by atoms with Gasteiger partial charge in [-0.05, 0) is 33.0 Å². The van der Waals surface area contributed by atoms with Crippen LogP contribution in [-0.2, 0) is 14.2 Å². The molecule has 5 nitrogen and oxygen atoms in total. The van der Waals surface area contributed by atoms with E-state index in [9.17, 15) is 0 Å². The van der Waals surface area contributed by atoms with Gasteiger partial charge in [0.1, 0.15) is 0 Å². The summed E-state index contributed by atoms with van der Waals surface area (Å²) in [6, 6.07) is 0. The van der Waals surface area contributed by atoms with Crippen LogP contribution in [-0.4, -0.2) is 65.8 Å². The Bertz CT molecular complexity index is 164. The second kappa shape index (κ2) is 10.9. The summed E-state index contributed by atoms with van der Waals surface area (Å²) in [5, 5.41) is 6.34.